The number of amides is 1. The van der Waals surface area contributed by atoms with Crippen molar-refractivity contribution in [3.63, 3.8) is 0 Å². The Balaban J connectivity index is 1.63. The third-order valence-electron chi connectivity index (χ3n) is 3.93. The molecule has 0 fully saturated rings. The Labute approximate surface area is 147 Å². The van der Waals surface area contributed by atoms with Gasteiger partial charge in [0.1, 0.15) is 5.82 Å². The highest BCUT2D eigenvalue weighted by Gasteiger charge is 2.15. The minimum absolute atomic E-state index is 0.191. The number of aromatic nitrogens is 2. The van der Waals surface area contributed by atoms with Crippen LogP contribution in [0, 0.1) is 6.92 Å². The van der Waals surface area contributed by atoms with Gasteiger partial charge >= 0.3 is 0 Å². The SMILES string of the molecule is Cc1ccc(CNc2ccc(C(=O)N(C)c3ccccc3)nn2)cc1. The summed E-state index contributed by atoms with van der Waals surface area (Å²) in [6, 6.07) is 21.2. The van der Waals surface area contributed by atoms with Gasteiger partial charge in [0.15, 0.2) is 5.69 Å². The molecule has 2 aromatic carbocycles. The second kappa shape index (κ2) is 7.57. The van der Waals surface area contributed by atoms with Gasteiger partial charge in [-0.2, -0.15) is 0 Å². The highest BCUT2D eigenvalue weighted by Crippen LogP contribution is 2.14. The van der Waals surface area contributed by atoms with Crippen molar-refractivity contribution in [3.05, 3.63) is 83.6 Å². The Morgan fingerprint density at radius 3 is 2.32 bits per heavy atom. The topological polar surface area (TPSA) is 58.1 Å². The van der Waals surface area contributed by atoms with E-state index in [1.807, 2.05) is 30.3 Å². The molecule has 5 nitrogen and oxygen atoms in total. The highest BCUT2D eigenvalue weighted by atomic mass is 16.2. The fourth-order valence-electron chi connectivity index (χ4n) is 2.38. The van der Waals surface area contributed by atoms with Crippen LogP contribution in [-0.2, 0) is 6.54 Å². The average molecular weight is 332 g/mol. The third kappa shape index (κ3) is 4.20. The number of rotatable bonds is 5. The normalized spacial score (nSPS) is 10.3. The van der Waals surface area contributed by atoms with E-state index in [-0.39, 0.29) is 5.91 Å². The first-order valence-electron chi connectivity index (χ1n) is 8.10. The predicted molar refractivity (Wildman–Crippen MR) is 99.7 cm³/mol. The molecule has 1 N–H and O–H groups in total. The molecule has 0 spiro atoms. The second-order valence-corrected chi connectivity index (χ2v) is 5.84. The van der Waals surface area contributed by atoms with E-state index in [0.717, 1.165) is 11.3 Å². The van der Waals surface area contributed by atoms with E-state index in [1.54, 1.807) is 24.1 Å². The number of carbonyl (C=O) groups excluding carboxylic acids is 1. The van der Waals surface area contributed by atoms with E-state index in [2.05, 4.69) is 46.7 Å². The fourth-order valence-corrected chi connectivity index (χ4v) is 2.38. The number of para-hydroxylation sites is 1. The first kappa shape index (κ1) is 16.6. The summed E-state index contributed by atoms with van der Waals surface area (Å²) >= 11 is 0. The number of nitrogens with one attached hydrogen (secondary N) is 1. The maximum absolute atomic E-state index is 12.5. The van der Waals surface area contributed by atoms with Crippen LogP contribution in [-0.4, -0.2) is 23.2 Å². The van der Waals surface area contributed by atoms with Crippen LogP contribution >= 0.6 is 0 Å². The van der Waals surface area contributed by atoms with Crippen LogP contribution in [0.3, 0.4) is 0 Å². The Bertz CT molecular complexity index is 830. The summed E-state index contributed by atoms with van der Waals surface area (Å²) in [7, 11) is 1.73. The average Bonchev–Trinajstić information content (AvgIpc) is 2.67. The molecule has 1 heterocycles. The molecule has 0 radical (unpaired) electrons. The molecule has 3 aromatic rings. The Hall–Kier alpha value is -3.21. The molecule has 0 aliphatic carbocycles. The smallest absolute Gasteiger partial charge is 0.278 e. The molecule has 0 saturated heterocycles. The number of benzene rings is 2. The molecule has 25 heavy (non-hydrogen) atoms. The number of nitrogens with zero attached hydrogens (tertiary/aromatic N) is 3. The monoisotopic (exact) mass is 332 g/mol. The lowest BCUT2D eigenvalue weighted by Gasteiger charge is -2.16. The lowest BCUT2D eigenvalue weighted by Crippen LogP contribution is -2.27. The minimum atomic E-state index is -0.191. The number of anilines is 2. The fraction of sp³-hybridized carbons (Fsp3) is 0.150. The molecule has 0 aliphatic rings. The zero-order valence-electron chi connectivity index (χ0n) is 14.3. The maximum atomic E-state index is 12.5. The van der Waals surface area contributed by atoms with Gasteiger partial charge in [-0.3, -0.25) is 4.79 Å². The van der Waals surface area contributed by atoms with Crippen LogP contribution < -0.4 is 10.2 Å². The van der Waals surface area contributed by atoms with Crippen molar-refractivity contribution in [1.82, 2.24) is 10.2 Å². The van der Waals surface area contributed by atoms with Crippen molar-refractivity contribution >= 4 is 17.4 Å². The molecule has 5 heteroatoms. The third-order valence-corrected chi connectivity index (χ3v) is 3.93. The van der Waals surface area contributed by atoms with Gasteiger partial charge in [0.05, 0.1) is 0 Å². The molecular formula is C20H20N4O. The molecule has 126 valence electrons. The summed E-state index contributed by atoms with van der Waals surface area (Å²) in [5.74, 6) is 0.447. The first-order chi connectivity index (χ1) is 12.1. The molecule has 1 amide bonds. The van der Waals surface area contributed by atoms with Gasteiger partial charge in [-0.05, 0) is 36.8 Å². The van der Waals surface area contributed by atoms with Gasteiger partial charge < -0.3 is 10.2 Å². The van der Waals surface area contributed by atoms with Crippen molar-refractivity contribution in [2.45, 2.75) is 13.5 Å². The van der Waals surface area contributed by atoms with Crippen LogP contribution in [0.5, 0.6) is 0 Å². The summed E-state index contributed by atoms with van der Waals surface area (Å²) < 4.78 is 0. The van der Waals surface area contributed by atoms with Crippen molar-refractivity contribution in [2.24, 2.45) is 0 Å². The minimum Gasteiger partial charge on any atom is -0.365 e. The van der Waals surface area contributed by atoms with Crippen molar-refractivity contribution in [2.75, 3.05) is 17.3 Å². The maximum Gasteiger partial charge on any atom is 0.278 e. The van der Waals surface area contributed by atoms with E-state index < -0.39 is 0 Å². The molecular weight excluding hydrogens is 312 g/mol. The van der Waals surface area contributed by atoms with Crippen LogP contribution in [0.4, 0.5) is 11.5 Å². The lowest BCUT2D eigenvalue weighted by atomic mass is 10.1. The molecule has 3 rings (SSSR count). The molecule has 0 unspecified atom stereocenters. The largest absolute Gasteiger partial charge is 0.365 e. The summed E-state index contributed by atoms with van der Waals surface area (Å²) in [5.41, 5.74) is 3.52. The zero-order valence-corrected chi connectivity index (χ0v) is 14.3. The highest BCUT2D eigenvalue weighted by molar-refractivity contribution is 6.04. The number of hydrogen-bond acceptors (Lipinski definition) is 4. The predicted octanol–water partition coefficient (Wildman–Crippen LogP) is 3.67. The van der Waals surface area contributed by atoms with E-state index >= 15 is 0 Å². The van der Waals surface area contributed by atoms with Gasteiger partial charge in [-0.1, -0.05) is 48.0 Å². The molecule has 1 aromatic heterocycles. The standard InChI is InChI=1S/C20H20N4O/c1-15-8-10-16(11-9-15)14-21-19-13-12-18(22-23-19)20(25)24(2)17-6-4-3-5-7-17/h3-13H,14H2,1-2H3,(H,21,23). The lowest BCUT2D eigenvalue weighted by molar-refractivity contribution is 0.0987. The van der Waals surface area contributed by atoms with Crippen molar-refractivity contribution in [3.8, 4) is 0 Å². The van der Waals surface area contributed by atoms with E-state index in [9.17, 15) is 4.79 Å². The molecule has 0 bridgehead atoms. The van der Waals surface area contributed by atoms with Crippen LogP contribution in [0.25, 0.3) is 0 Å². The van der Waals surface area contributed by atoms with Gasteiger partial charge in [-0.15, -0.1) is 10.2 Å². The van der Waals surface area contributed by atoms with Crippen LogP contribution in [0.2, 0.25) is 0 Å². The van der Waals surface area contributed by atoms with Gasteiger partial charge in [0, 0.05) is 19.3 Å². The summed E-state index contributed by atoms with van der Waals surface area (Å²) in [6.45, 7) is 2.72. The molecule has 0 atom stereocenters. The van der Waals surface area contributed by atoms with Crippen LogP contribution in [0.15, 0.2) is 66.7 Å². The van der Waals surface area contributed by atoms with Gasteiger partial charge in [0.2, 0.25) is 0 Å². The summed E-state index contributed by atoms with van der Waals surface area (Å²) in [5, 5.41) is 11.4. The number of hydrogen-bond donors (Lipinski definition) is 1. The van der Waals surface area contributed by atoms with E-state index in [4.69, 9.17) is 0 Å². The zero-order chi connectivity index (χ0) is 17.6. The van der Waals surface area contributed by atoms with Crippen LogP contribution in [0.1, 0.15) is 21.6 Å². The second-order valence-electron chi connectivity index (χ2n) is 5.84. The van der Waals surface area contributed by atoms with Crippen molar-refractivity contribution < 1.29 is 4.79 Å². The van der Waals surface area contributed by atoms with Gasteiger partial charge in [0.25, 0.3) is 5.91 Å². The quantitative estimate of drug-likeness (QED) is 0.774. The first-order valence-corrected chi connectivity index (χ1v) is 8.10. The number of aryl methyl sites for hydroxylation is 1. The summed E-state index contributed by atoms with van der Waals surface area (Å²) in [6.07, 6.45) is 0. The van der Waals surface area contributed by atoms with E-state index in [0.29, 0.717) is 18.1 Å². The summed E-state index contributed by atoms with van der Waals surface area (Å²) in [4.78, 5) is 14.0. The van der Waals surface area contributed by atoms with E-state index in [1.165, 1.54) is 5.56 Å². The molecule has 0 saturated carbocycles. The van der Waals surface area contributed by atoms with Crippen molar-refractivity contribution in [1.29, 1.82) is 0 Å². The van der Waals surface area contributed by atoms with Gasteiger partial charge in [-0.25, -0.2) is 0 Å². The Kier molecular flexibility index (Phi) is 5.04. The Morgan fingerprint density at radius 1 is 0.960 bits per heavy atom. The number of carbonyl (C=O) groups is 1. The Morgan fingerprint density at radius 2 is 1.68 bits per heavy atom. The molecule has 0 aliphatic heterocycles.